The second kappa shape index (κ2) is 4.77. The Kier molecular flexibility index (Phi) is 2.78. The highest BCUT2D eigenvalue weighted by Crippen LogP contribution is 2.33. The van der Waals surface area contributed by atoms with Crippen LogP contribution in [0.5, 0.6) is 0 Å². The van der Waals surface area contributed by atoms with E-state index in [2.05, 4.69) is 40.2 Å². The van der Waals surface area contributed by atoms with Gasteiger partial charge in [-0.2, -0.15) is 0 Å². The summed E-state index contributed by atoms with van der Waals surface area (Å²) < 4.78 is 13.3. The second-order valence-corrected chi connectivity index (χ2v) is 5.35. The quantitative estimate of drug-likeness (QED) is 0.738. The lowest BCUT2D eigenvalue weighted by Crippen LogP contribution is -2.25. The fourth-order valence-electron chi connectivity index (χ4n) is 2.96. The van der Waals surface area contributed by atoms with Gasteiger partial charge in [0.2, 0.25) is 0 Å². The lowest BCUT2D eigenvalue weighted by atomic mass is 10.1. The first-order chi connectivity index (χ1) is 10.3. The molecule has 0 aliphatic carbocycles. The number of H-pyrrole nitrogens is 1. The maximum Gasteiger partial charge on any atom is 0.123 e. The maximum absolute atomic E-state index is 13.3. The van der Waals surface area contributed by atoms with Crippen LogP contribution in [0, 0.1) is 5.82 Å². The molecule has 2 nitrogen and oxygen atoms in total. The molecule has 0 unspecified atom stereocenters. The zero-order valence-corrected chi connectivity index (χ0v) is 11.5. The number of aromatic amines is 1. The minimum Gasteiger partial charge on any atom is -0.350 e. The molecule has 0 bridgehead atoms. The zero-order chi connectivity index (χ0) is 14.2. The van der Waals surface area contributed by atoms with Gasteiger partial charge in [-0.3, -0.25) is 0 Å². The average Bonchev–Trinajstić information content (AvgIpc) is 2.87. The Hall–Kier alpha value is -2.55. The first-order valence-corrected chi connectivity index (χ1v) is 7.08. The Balaban J connectivity index is 1.75. The fourth-order valence-corrected chi connectivity index (χ4v) is 2.96. The predicted molar refractivity (Wildman–Crippen MR) is 84.8 cm³/mol. The van der Waals surface area contributed by atoms with Crippen molar-refractivity contribution >= 4 is 22.8 Å². The number of anilines is 1. The summed E-state index contributed by atoms with van der Waals surface area (Å²) >= 11 is 0. The molecule has 1 aliphatic rings. The van der Waals surface area contributed by atoms with Crippen molar-refractivity contribution in [2.75, 3.05) is 11.4 Å². The number of nitrogens with one attached hydrogen (secondary N) is 1. The maximum atomic E-state index is 13.3. The number of fused-ring (bicyclic) bond motifs is 3. The first-order valence-electron chi connectivity index (χ1n) is 7.08. The van der Waals surface area contributed by atoms with Gasteiger partial charge >= 0.3 is 0 Å². The highest BCUT2D eigenvalue weighted by molar-refractivity contribution is 5.96. The average molecular weight is 278 g/mol. The second-order valence-electron chi connectivity index (χ2n) is 5.35. The molecule has 1 aromatic heterocycles. The van der Waals surface area contributed by atoms with E-state index in [0.717, 1.165) is 23.4 Å². The summed E-state index contributed by atoms with van der Waals surface area (Å²) in [5.74, 6) is 0.930. The van der Waals surface area contributed by atoms with Gasteiger partial charge in [0, 0.05) is 29.6 Å². The molecule has 0 saturated carbocycles. The van der Waals surface area contributed by atoms with Crippen molar-refractivity contribution in [3.63, 3.8) is 0 Å². The van der Waals surface area contributed by atoms with Crippen LogP contribution >= 0.6 is 0 Å². The standard InChI is InChI=1S/C18H15FN2/c19-14-6-3-5-13(11-14)12-21-10-4-8-16-15-7-1-2-9-17(15)20-18(16)21/h1-9,11,20H,10,12H2. The number of hydrogen-bond donors (Lipinski definition) is 1. The van der Waals surface area contributed by atoms with Crippen molar-refractivity contribution in [2.24, 2.45) is 0 Å². The number of nitrogens with zero attached hydrogens (tertiary/aromatic N) is 1. The highest BCUT2D eigenvalue weighted by Gasteiger charge is 2.18. The van der Waals surface area contributed by atoms with Gasteiger partial charge in [-0.1, -0.05) is 42.5 Å². The molecule has 21 heavy (non-hydrogen) atoms. The van der Waals surface area contributed by atoms with Crippen molar-refractivity contribution in [1.82, 2.24) is 4.98 Å². The van der Waals surface area contributed by atoms with Crippen LogP contribution in [-0.4, -0.2) is 11.5 Å². The van der Waals surface area contributed by atoms with Gasteiger partial charge in [-0.15, -0.1) is 0 Å². The molecule has 3 heteroatoms. The van der Waals surface area contributed by atoms with Gasteiger partial charge in [-0.05, 0) is 23.8 Å². The van der Waals surface area contributed by atoms with Crippen molar-refractivity contribution in [3.8, 4) is 0 Å². The van der Waals surface area contributed by atoms with Crippen molar-refractivity contribution in [1.29, 1.82) is 0 Å². The Labute approximate surface area is 122 Å². The summed E-state index contributed by atoms with van der Waals surface area (Å²) in [5.41, 5.74) is 3.33. The Morgan fingerprint density at radius 3 is 2.90 bits per heavy atom. The van der Waals surface area contributed by atoms with Gasteiger partial charge in [0.25, 0.3) is 0 Å². The Bertz CT molecular complexity index is 832. The number of rotatable bonds is 2. The molecule has 0 fully saturated rings. The number of benzene rings is 2. The van der Waals surface area contributed by atoms with E-state index < -0.39 is 0 Å². The normalized spacial score (nSPS) is 13.7. The first kappa shape index (κ1) is 12.2. The lowest BCUT2D eigenvalue weighted by molar-refractivity contribution is 0.624. The fraction of sp³-hybridized carbons (Fsp3) is 0.111. The summed E-state index contributed by atoms with van der Waals surface area (Å²) in [7, 11) is 0. The van der Waals surface area contributed by atoms with Gasteiger partial charge in [0.05, 0.1) is 0 Å². The third kappa shape index (κ3) is 2.11. The van der Waals surface area contributed by atoms with Crippen molar-refractivity contribution < 1.29 is 4.39 Å². The molecule has 1 N–H and O–H groups in total. The smallest absolute Gasteiger partial charge is 0.123 e. The number of halogens is 1. The van der Waals surface area contributed by atoms with E-state index >= 15 is 0 Å². The van der Waals surface area contributed by atoms with Gasteiger partial charge < -0.3 is 9.88 Å². The molecule has 0 spiro atoms. The number of hydrogen-bond acceptors (Lipinski definition) is 1. The summed E-state index contributed by atoms with van der Waals surface area (Å²) in [5, 5.41) is 1.23. The van der Waals surface area contributed by atoms with Gasteiger partial charge in [-0.25, -0.2) is 4.39 Å². The molecule has 0 atom stereocenters. The van der Waals surface area contributed by atoms with Gasteiger partial charge in [0.15, 0.2) is 0 Å². The lowest BCUT2D eigenvalue weighted by Gasteiger charge is -2.25. The number of para-hydroxylation sites is 1. The Morgan fingerprint density at radius 1 is 1.10 bits per heavy atom. The predicted octanol–water partition coefficient (Wildman–Crippen LogP) is 4.34. The van der Waals surface area contributed by atoms with Crippen LogP contribution in [0.3, 0.4) is 0 Å². The molecule has 0 radical (unpaired) electrons. The molecule has 0 amide bonds. The zero-order valence-electron chi connectivity index (χ0n) is 11.5. The molecule has 3 aromatic rings. The third-order valence-corrected chi connectivity index (χ3v) is 3.91. The van der Waals surface area contributed by atoms with Crippen molar-refractivity contribution in [2.45, 2.75) is 6.54 Å². The molecule has 4 rings (SSSR count). The minimum atomic E-state index is -0.183. The van der Waals surface area contributed by atoms with Crippen LogP contribution in [0.4, 0.5) is 10.2 Å². The van der Waals surface area contributed by atoms with E-state index in [1.165, 1.54) is 17.0 Å². The van der Waals surface area contributed by atoms with Crippen LogP contribution < -0.4 is 4.90 Å². The molecule has 2 heterocycles. The third-order valence-electron chi connectivity index (χ3n) is 3.91. The van der Waals surface area contributed by atoms with Crippen LogP contribution in [0.15, 0.2) is 54.6 Å². The molecule has 104 valence electrons. The number of aromatic nitrogens is 1. The summed E-state index contributed by atoms with van der Waals surface area (Å²) in [6.07, 6.45) is 4.32. The van der Waals surface area contributed by atoms with Gasteiger partial charge in [0.1, 0.15) is 11.6 Å². The Morgan fingerprint density at radius 2 is 2.00 bits per heavy atom. The molecular weight excluding hydrogens is 263 g/mol. The monoisotopic (exact) mass is 278 g/mol. The molecule has 1 aliphatic heterocycles. The van der Waals surface area contributed by atoms with E-state index in [9.17, 15) is 4.39 Å². The molecular formula is C18H15FN2. The summed E-state index contributed by atoms with van der Waals surface area (Å²) in [4.78, 5) is 5.72. The van der Waals surface area contributed by atoms with E-state index in [4.69, 9.17) is 0 Å². The van der Waals surface area contributed by atoms with E-state index in [1.807, 2.05) is 12.1 Å². The van der Waals surface area contributed by atoms with Crippen LogP contribution in [0.2, 0.25) is 0 Å². The largest absolute Gasteiger partial charge is 0.350 e. The van der Waals surface area contributed by atoms with Crippen LogP contribution in [0.1, 0.15) is 11.1 Å². The van der Waals surface area contributed by atoms with Crippen LogP contribution in [-0.2, 0) is 6.54 Å². The van der Waals surface area contributed by atoms with E-state index in [0.29, 0.717) is 6.54 Å². The van der Waals surface area contributed by atoms with E-state index in [1.54, 1.807) is 12.1 Å². The minimum absolute atomic E-state index is 0.183. The highest BCUT2D eigenvalue weighted by atomic mass is 19.1. The van der Waals surface area contributed by atoms with Crippen LogP contribution in [0.25, 0.3) is 17.0 Å². The SMILES string of the molecule is Fc1cccc(CN2CC=Cc3c2[nH]c2ccccc32)c1. The van der Waals surface area contributed by atoms with E-state index in [-0.39, 0.29) is 5.82 Å². The summed E-state index contributed by atoms with van der Waals surface area (Å²) in [6.45, 7) is 1.53. The van der Waals surface area contributed by atoms with Crippen molar-refractivity contribution in [3.05, 3.63) is 71.6 Å². The molecule has 2 aromatic carbocycles. The topological polar surface area (TPSA) is 19.0 Å². The molecule has 0 saturated heterocycles. The summed E-state index contributed by atoms with van der Waals surface area (Å²) in [6, 6.07) is 15.1.